The Morgan fingerprint density at radius 2 is 1.78 bits per heavy atom. The molecule has 0 bridgehead atoms. The second-order valence-electron chi connectivity index (χ2n) is 9.90. The lowest BCUT2D eigenvalue weighted by molar-refractivity contribution is 0.0189. The third-order valence-electron chi connectivity index (χ3n) is 7.01. The molecule has 0 amide bonds. The number of rotatable bonds is 12. The van der Waals surface area contributed by atoms with E-state index in [9.17, 15) is 21.6 Å². The quantitative estimate of drug-likeness (QED) is 0.308. The molecule has 3 rings (SSSR count). The first-order valence-electron chi connectivity index (χ1n) is 12.9. The van der Waals surface area contributed by atoms with Crippen molar-refractivity contribution in [3.63, 3.8) is 0 Å². The molecule has 1 aromatic carbocycles. The van der Waals surface area contributed by atoms with Crippen LogP contribution in [0, 0.1) is 11.7 Å². The molecule has 0 N–H and O–H groups in total. The molecule has 1 aliphatic rings. The standard InChI is InChI=1S/C28H36F3N3O2S/c1-4-21(8-5-7-20(2)37(35,36)18-14-28(3,30)31)25-19-26(22-9-11-23(29)12-10-22)32-17-13-24(25)27-33-15-6-16-34-27/h6,9-12,15-16,19-21,24H,4-5,7-8,13-14,17-18H2,1-3H3. The average Bonchev–Trinajstić information content (AvgIpc) is 3.09. The molecular formula is C28H36F3N3O2S. The summed E-state index contributed by atoms with van der Waals surface area (Å²) in [6.07, 6.45) is 8.21. The van der Waals surface area contributed by atoms with Gasteiger partial charge in [0.05, 0.1) is 16.7 Å². The number of benzene rings is 1. The van der Waals surface area contributed by atoms with Crippen LogP contribution in [0.25, 0.3) is 0 Å². The molecule has 0 spiro atoms. The second-order valence-corrected chi connectivity index (χ2v) is 12.4. The lowest BCUT2D eigenvalue weighted by Crippen LogP contribution is -2.25. The fourth-order valence-electron chi connectivity index (χ4n) is 4.71. The Balaban J connectivity index is 1.80. The van der Waals surface area contributed by atoms with E-state index in [0.717, 1.165) is 48.9 Å². The van der Waals surface area contributed by atoms with Gasteiger partial charge in [0.25, 0.3) is 0 Å². The molecule has 202 valence electrons. The summed E-state index contributed by atoms with van der Waals surface area (Å²) in [7, 11) is -3.60. The third-order valence-corrected chi connectivity index (χ3v) is 9.24. The molecule has 0 aliphatic carbocycles. The van der Waals surface area contributed by atoms with Gasteiger partial charge in [0, 0.05) is 31.3 Å². The van der Waals surface area contributed by atoms with E-state index in [-0.39, 0.29) is 17.7 Å². The van der Waals surface area contributed by atoms with Crippen LogP contribution < -0.4 is 0 Å². The highest BCUT2D eigenvalue weighted by atomic mass is 32.2. The Morgan fingerprint density at radius 1 is 1.11 bits per heavy atom. The van der Waals surface area contributed by atoms with Crippen molar-refractivity contribution in [1.29, 1.82) is 0 Å². The van der Waals surface area contributed by atoms with Crippen molar-refractivity contribution in [3.8, 4) is 0 Å². The van der Waals surface area contributed by atoms with Gasteiger partial charge in [-0.25, -0.2) is 31.6 Å². The molecule has 5 nitrogen and oxygen atoms in total. The summed E-state index contributed by atoms with van der Waals surface area (Å²) >= 11 is 0. The maximum absolute atomic E-state index is 13.5. The zero-order valence-corrected chi connectivity index (χ0v) is 22.5. The molecule has 37 heavy (non-hydrogen) atoms. The van der Waals surface area contributed by atoms with Gasteiger partial charge in [0.1, 0.15) is 11.6 Å². The molecule has 0 radical (unpaired) electrons. The van der Waals surface area contributed by atoms with Gasteiger partial charge in [-0.1, -0.05) is 18.9 Å². The van der Waals surface area contributed by atoms with Crippen LogP contribution >= 0.6 is 0 Å². The van der Waals surface area contributed by atoms with E-state index in [4.69, 9.17) is 4.99 Å². The van der Waals surface area contributed by atoms with E-state index in [0.29, 0.717) is 19.4 Å². The largest absolute Gasteiger partial charge is 0.285 e. The second kappa shape index (κ2) is 12.8. The van der Waals surface area contributed by atoms with Gasteiger partial charge in [-0.15, -0.1) is 0 Å². The van der Waals surface area contributed by atoms with Crippen molar-refractivity contribution in [1.82, 2.24) is 9.97 Å². The number of alkyl halides is 2. The van der Waals surface area contributed by atoms with Gasteiger partial charge < -0.3 is 0 Å². The van der Waals surface area contributed by atoms with Crippen LogP contribution in [-0.2, 0) is 9.84 Å². The predicted molar refractivity (Wildman–Crippen MR) is 141 cm³/mol. The van der Waals surface area contributed by atoms with Crippen LogP contribution in [-0.4, -0.2) is 47.6 Å². The van der Waals surface area contributed by atoms with Crippen LogP contribution in [0.15, 0.2) is 59.4 Å². The Hall–Kier alpha value is -2.55. The number of hydrogen-bond donors (Lipinski definition) is 0. The SMILES string of the molecule is CCC(CCCC(C)S(=O)(=O)CCC(C)(F)F)C1=CC(c2ccc(F)cc2)=NCCC1c1ncccn1. The van der Waals surface area contributed by atoms with Crippen molar-refractivity contribution in [3.05, 3.63) is 71.6 Å². The van der Waals surface area contributed by atoms with E-state index < -0.39 is 33.2 Å². The van der Waals surface area contributed by atoms with E-state index in [1.54, 1.807) is 37.5 Å². The molecule has 0 fully saturated rings. The number of aliphatic imine (C=N–C) groups is 1. The minimum absolute atomic E-state index is 0.0409. The van der Waals surface area contributed by atoms with E-state index >= 15 is 0 Å². The maximum atomic E-state index is 13.5. The number of aromatic nitrogens is 2. The van der Waals surface area contributed by atoms with Gasteiger partial charge >= 0.3 is 0 Å². The van der Waals surface area contributed by atoms with Gasteiger partial charge in [0.15, 0.2) is 9.84 Å². The minimum Gasteiger partial charge on any atom is -0.285 e. The van der Waals surface area contributed by atoms with Crippen LogP contribution in [0.1, 0.15) is 76.6 Å². The first-order chi connectivity index (χ1) is 17.5. The highest BCUT2D eigenvalue weighted by molar-refractivity contribution is 7.92. The topological polar surface area (TPSA) is 72.3 Å². The molecule has 1 aromatic heterocycles. The fourth-order valence-corrected chi connectivity index (χ4v) is 6.28. The van der Waals surface area contributed by atoms with Crippen molar-refractivity contribution in [2.75, 3.05) is 12.3 Å². The molecular weight excluding hydrogens is 499 g/mol. The van der Waals surface area contributed by atoms with Gasteiger partial charge in [-0.2, -0.15) is 0 Å². The van der Waals surface area contributed by atoms with Crippen LogP contribution in [0.5, 0.6) is 0 Å². The van der Waals surface area contributed by atoms with E-state index in [1.807, 2.05) is 0 Å². The summed E-state index contributed by atoms with van der Waals surface area (Å²) in [6, 6.07) is 8.05. The first-order valence-corrected chi connectivity index (χ1v) is 14.6. The Bertz CT molecular complexity index is 1180. The summed E-state index contributed by atoms with van der Waals surface area (Å²) in [6.45, 7) is 5.02. The van der Waals surface area contributed by atoms with Crippen LogP contribution in [0.4, 0.5) is 13.2 Å². The lowest BCUT2D eigenvalue weighted by Gasteiger charge is -2.26. The Labute approximate surface area is 218 Å². The zero-order chi connectivity index (χ0) is 27.1. The number of nitrogens with zero attached hydrogens (tertiary/aromatic N) is 3. The Morgan fingerprint density at radius 3 is 2.41 bits per heavy atom. The number of allylic oxidation sites excluding steroid dienone is 2. The highest BCUT2D eigenvalue weighted by Gasteiger charge is 2.30. The van der Waals surface area contributed by atoms with E-state index in [2.05, 4.69) is 23.0 Å². The summed E-state index contributed by atoms with van der Waals surface area (Å²) < 4.78 is 65.0. The van der Waals surface area contributed by atoms with Crippen molar-refractivity contribution in [2.45, 2.75) is 76.4 Å². The number of sulfone groups is 1. The third kappa shape index (κ3) is 8.48. The number of halogens is 3. The molecule has 2 aromatic rings. The zero-order valence-electron chi connectivity index (χ0n) is 21.7. The summed E-state index contributed by atoms with van der Waals surface area (Å²) in [4.78, 5) is 13.8. The Kier molecular flexibility index (Phi) is 10.0. The molecule has 0 saturated carbocycles. The predicted octanol–water partition coefficient (Wildman–Crippen LogP) is 6.56. The van der Waals surface area contributed by atoms with Gasteiger partial charge in [-0.05, 0) is 87.4 Å². The summed E-state index contributed by atoms with van der Waals surface area (Å²) in [5.74, 6) is -3.00. The van der Waals surface area contributed by atoms with E-state index in [1.165, 1.54) is 12.1 Å². The molecule has 2 heterocycles. The van der Waals surface area contributed by atoms with Crippen molar-refractivity contribution in [2.24, 2.45) is 10.9 Å². The molecule has 9 heteroatoms. The molecule has 3 atom stereocenters. The monoisotopic (exact) mass is 535 g/mol. The minimum atomic E-state index is -3.60. The summed E-state index contributed by atoms with van der Waals surface area (Å²) in [5.41, 5.74) is 2.74. The van der Waals surface area contributed by atoms with Gasteiger partial charge in [-0.3, -0.25) is 4.99 Å². The van der Waals surface area contributed by atoms with Crippen molar-refractivity contribution >= 4 is 15.5 Å². The average molecular weight is 536 g/mol. The lowest BCUT2D eigenvalue weighted by atomic mass is 9.80. The maximum Gasteiger partial charge on any atom is 0.246 e. The highest BCUT2D eigenvalue weighted by Crippen LogP contribution is 2.37. The van der Waals surface area contributed by atoms with Crippen molar-refractivity contribution < 1.29 is 21.6 Å². The normalized spacial score (nSPS) is 18.5. The first kappa shape index (κ1) is 29.0. The van der Waals surface area contributed by atoms with Crippen LogP contribution in [0.3, 0.4) is 0 Å². The molecule has 0 saturated heterocycles. The molecule has 1 aliphatic heterocycles. The van der Waals surface area contributed by atoms with Crippen LogP contribution in [0.2, 0.25) is 0 Å². The molecule has 3 unspecified atom stereocenters. The van der Waals surface area contributed by atoms with Gasteiger partial charge in [0.2, 0.25) is 5.92 Å². The summed E-state index contributed by atoms with van der Waals surface area (Å²) in [5, 5.41) is -0.680. The smallest absolute Gasteiger partial charge is 0.246 e. The fraction of sp³-hybridized carbons (Fsp3) is 0.536. The number of hydrogen-bond acceptors (Lipinski definition) is 5.